The van der Waals surface area contributed by atoms with Crippen molar-refractivity contribution in [3.05, 3.63) is 40.9 Å². The molecule has 2 N–H and O–H groups in total. The fourth-order valence-corrected chi connectivity index (χ4v) is 1.74. The summed E-state index contributed by atoms with van der Waals surface area (Å²) in [6.07, 6.45) is 1.43. The van der Waals surface area contributed by atoms with Crippen molar-refractivity contribution in [3.63, 3.8) is 0 Å². The Kier molecular flexibility index (Phi) is 4.91. The Bertz CT molecular complexity index is 487. The molecule has 0 aromatic heterocycles. The molecule has 5 nitrogen and oxygen atoms in total. The van der Waals surface area contributed by atoms with Gasteiger partial charge >= 0.3 is 5.97 Å². The molecule has 0 aliphatic rings. The van der Waals surface area contributed by atoms with Crippen molar-refractivity contribution in [1.82, 2.24) is 4.90 Å². The second-order valence-corrected chi connectivity index (χ2v) is 4.45. The minimum absolute atomic E-state index is 0.0568. The number of phenolic OH excluding ortho intramolecular Hbond substituents is 1. The van der Waals surface area contributed by atoms with Crippen LogP contribution in [-0.2, 0) is 4.79 Å². The van der Waals surface area contributed by atoms with Gasteiger partial charge in [-0.3, -0.25) is 9.59 Å². The van der Waals surface area contributed by atoms with E-state index in [1.165, 1.54) is 18.2 Å². The van der Waals surface area contributed by atoms with Crippen molar-refractivity contribution < 1.29 is 19.8 Å². The van der Waals surface area contributed by atoms with E-state index in [4.69, 9.17) is 5.11 Å². The molecule has 0 aliphatic heterocycles. The quantitative estimate of drug-likeness (QED) is 0.813. The van der Waals surface area contributed by atoms with E-state index in [0.717, 1.165) is 4.90 Å². The molecule has 0 atom stereocenters. The van der Waals surface area contributed by atoms with Crippen LogP contribution >= 0.6 is 15.9 Å². The third-order valence-corrected chi connectivity index (χ3v) is 2.65. The molecule has 96 valence electrons. The maximum absolute atomic E-state index is 12.0. The first-order valence-electron chi connectivity index (χ1n) is 5.06. The van der Waals surface area contributed by atoms with Crippen molar-refractivity contribution in [2.75, 3.05) is 13.1 Å². The van der Waals surface area contributed by atoms with Crippen LogP contribution in [0.4, 0.5) is 0 Å². The molecule has 0 bridgehead atoms. The summed E-state index contributed by atoms with van der Waals surface area (Å²) in [5.74, 6) is -1.88. The van der Waals surface area contributed by atoms with Crippen LogP contribution < -0.4 is 0 Å². The zero-order valence-corrected chi connectivity index (χ0v) is 11.1. The largest absolute Gasteiger partial charge is 0.507 e. The first-order valence-corrected chi connectivity index (χ1v) is 5.85. The molecule has 0 spiro atoms. The van der Waals surface area contributed by atoms with Crippen molar-refractivity contribution in [3.8, 4) is 5.75 Å². The molecular formula is C12H12BrNO4. The normalized spacial score (nSPS) is 9.83. The van der Waals surface area contributed by atoms with Crippen LogP contribution in [0.15, 0.2) is 35.3 Å². The van der Waals surface area contributed by atoms with Crippen LogP contribution in [0.2, 0.25) is 0 Å². The number of nitrogens with zero attached hydrogens (tertiary/aromatic N) is 1. The summed E-state index contributed by atoms with van der Waals surface area (Å²) in [4.78, 5) is 23.8. The van der Waals surface area contributed by atoms with Gasteiger partial charge in [0.25, 0.3) is 5.91 Å². The van der Waals surface area contributed by atoms with E-state index in [1.54, 1.807) is 6.07 Å². The number of hydrogen-bond acceptors (Lipinski definition) is 3. The number of carboxylic acids is 1. The number of rotatable bonds is 5. The van der Waals surface area contributed by atoms with E-state index in [2.05, 4.69) is 22.5 Å². The number of halogens is 1. The second-order valence-electron chi connectivity index (χ2n) is 3.53. The van der Waals surface area contributed by atoms with E-state index in [-0.39, 0.29) is 17.9 Å². The van der Waals surface area contributed by atoms with Gasteiger partial charge in [0.1, 0.15) is 12.3 Å². The van der Waals surface area contributed by atoms with Gasteiger partial charge in [-0.2, -0.15) is 0 Å². The Labute approximate surface area is 112 Å². The minimum atomic E-state index is -1.12. The van der Waals surface area contributed by atoms with Crippen molar-refractivity contribution >= 4 is 27.8 Å². The van der Waals surface area contributed by atoms with Gasteiger partial charge in [-0.25, -0.2) is 0 Å². The van der Waals surface area contributed by atoms with Gasteiger partial charge in [0.05, 0.1) is 5.56 Å². The summed E-state index contributed by atoms with van der Waals surface area (Å²) in [6, 6.07) is 4.40. The van der Waals surface area contributed by atoms with Gasteiger partial charge < -0.3 is 15.1 Å². The van der Waals surface area contributed by atoms with Crippen LogP contribution in [0.25, 0.3) is 0 Å². The van der Waals surface area contributed by atoms with E-state index >= 15 is 0 Å². The SMILES string of the molecule is C=CCN(CC(=O)O)C(=O)c1ccc(Br)cc1O. The molecule has 1 rings (SSSR count). The van der Waals surface area contributed by atoms with Gasteiger partial charge in [-0.15, -0.1) is 6.58 Å². The Morgan fingerprint density at radius 1 is 1.44 bits per heavy atom. The molecule has 0 unspecified atom stereocenters. The Morgan fingerprint density at radius 3 is 2.61 bits per heavy atom. The van der Waals surface area contributed by atoms with Crippen molar-refractivity contribution in [2.24, 2.45) is 0 Å². The number of benzene rings is 1. The van der Waals surface area contributed by atoms with Gasteiger partial charge in [-0.05, 0) is 18.2 Å². The smallest absolute Gasteiger partial charge is 0.323 e. The van der Waals surface area contributed by atoms with Gasteiger partial charge in [0.2, 0.25) is 0 Å². The van der Waals surface area contributed by atoms with E-state index in [1.807, 2.05) is 0 Å². The van der Waals surface area contributed by atoms with Crippen LogP contribution in [0.5, 0.6) is 5.75 Å². The maximum atomic E-state index is 12.0. The molecule has 0 heterocycles. The number of carboxylic acid groups (broad SMARTS) is 1. The molecule has 1 aromatic carbocycles. The second kappa shape index (κ2) is 6.20. The molecule has 18 heavy (non-hydrogen) atoms. The number of phenols is 1. The molecule has 0 radical (unpaired) electrons. The third-order valence-electron chi connectivity index (χ3n) is 2.15. The predicted molar refractivity (Wildman–Crippen MR) is 69.5 cm³/mol. The zero-order valence-electron chi connectivity index (χ0n) is 9.47. The Hall–Kier alpha value is -1.82. The summed E-state index contributed by atoms with van der Waals surface area (Å²) >= 11 is 3.16. The van der Waals surface area contributed by atoms with Gasteiger partial charge in [-0.1, -0.05) is 22.0 Å². The lowest BCUT2D eigenvalue weighted by Gasteiger charge is -2.19. The summed E-state index contributed by atoms with van der Waals surface area (Å²) < 4.78 is 0.630. The summed E-state index contributed by atoms with van der Waals surface area (Å²) in [6.45, 7) is 3.12. The number of carbonyl (C=O) groups excluding carboxylic acids is 1. The number of aromatic hydroxyl groups is 1. The lowest BCUT2D eigenvalue weighted by Crippen LogP contribution is -2.35. The van der Waals surface area contributed by atoms with Crippen LogP contribution in [-0.4, -0.2) is 40.1 Å². The minimum Gasteiger partial charge on any atom is -0.507 e. The highest BCUT2D eigenvalue weighted by Gasteiger charge is 2.20. The Morgan fingerprint density at radius 2 is 2.11 bits per heavy atom. The van der Waals surface area contributed by atoms with Crippen LogP contribution in [0, 0.1) is 0 Å². The molecule has 0 saturated heterocycles. The number of amides is 1. The fraction of sp³-hybridized carbons (Fsp3) is 0.167. The molecule has 1 aromatic rings. The average Bonchev–Trinajstić information content (AvgIpc) is 2.27. The van der Waals surface area contributed by atoms with E-state index in [0.29, 0.717) is 4.47 Å². The highest BCUT2D eigenvalue weighted by Crippen LogP contribution is 2.23. The maximum Gasteiger partial charge on any atom is 0.323 e. The molecule has 6 heteroatoms. The molecular weight excluding hydrogens is 302 g/mol. The number of hydrogen-bond donors (Lipinski definition) is 2. The zero-order chi connectivity index (χ0) is 13.7. The van der Waals surface area contributed by atoms with E-state index < -0.39 is 18.4 Å². The fourth-order valence-electron chi connectivity index (χ4n) is 1.39. The number of carbonyl (C=O) groups is 2. The summed E-state index contributed by atoms with van der Waals surface area (Å²) in [5, 5.41) is 18.4. The van der Waals surface area contributed by atoms with E-state index in [9.17, 15) is 14.7 Å². The molecule has 1 amide bonds. The first-order chi connectivity index (χ1) is 8.45. The lowest BCUT2D eigenvalue weighted by molar-refractivity contribution is -0.137. The average molecular weight is 314 g/mol. The molecule has 0 saturated carbocycles. The number of aliphatic carboxylic acids is 1. The topological polar surface area (TPSA) is 77.8 Å². The Balaban J connectivity index is 3.01. The highest BCUT2D eigenvalue weighted by molar-refractivity contribution is 9.10. The van der Waals surface area contributed by atoms with Gasteiger partial charge in [0, 0.05) is 11.0 Å². The van der Waals surface area contributed by atoms with Gasteiger partial charge in [0.15, 0.2) is 0 Å². The lowest BCUT2D eigenvalue weighted by atomic mass is 10.1. The van der Waals surface area contributed by atoms with Crippen molar-refractivity contribution in [1.29, 1.82) is 0 Å². The monoisotopic (exact) mass is 313 g/mol. The third kappa shape index (κ3) is 3.59. The van der Waals surface area contributed by atoms with Crippen LogP contribution in [0.3, 0.4) is 0 Å². The predicted octanol–water partition coefficient (Wildman–Crippen LogP) is 1.87. The standard InChI is InChI=1S/C12H12BrNO4/c1-2-5-14(7-11(16)17)12(18)9-4-3-8(13)6-10(9)15/h2-4,6,15H,1,5,7H2,(H,16,17). The first kappa shape index (κ1) is 14.2. The van der Waals surface area contributed by atoms with Crippen molar-refractivity contribution in [2.45, 2.75) is 0 Å². The highest BCUT2D eigenvalue weighted by atomic mass is 79.9. The molecule has 0 aliphatic carbocycles. The summed E-state index contributed by atoms with van der Waals surface area (Å²) in [7, 11) is 0. The van der Waals surface area contributed by atoms with Crippen LogP contribution in [0.1, 0.15) is 10.4 Å². The molecule has 0 fully saturated rings. The summed E-state index contributed by atoms with van der Waals surface area (Å²) in [5.41, 5.74) is 0.0568.